The van der Waals surface area contributed by atoms with Crippen LogP contribution < -0.4 is 5.32 Å². The van der Waals surface area contributed by atoms with Crippen LogP contribution in [0.5, 0.6) is 0 Å². The minimum absolute atomic E-state index is 0.247. The van der Waals surface area contributed by atoms with E-state index in [4.69, 9.17) is 0 Å². The highest BCUT2D eigenvalue weighted by Crippen LogP contribution is 2.18. The van der Waals surface area contributed by atoms with Crippen molar-refractivity contribution in [2.75, 3.05) is 5.32 Å². The molecule has 0 aliphatic heterocycles. The maximum absolute atomic E-state index is 13.5. The summed E-state index contributed by atoms with van der Waals surface area (Å²) in [4.78, 5) is 4.03. The number of rotatable bonds is 6. The standard InChI is InChI=1S/C13H20BrFN2/c1-9(2)5-4-6-10(3)17-13-12(15)7-11(14)8-16-13/h7-10H,4-6H2,1-3H3,(H,16,17). The van der Waals surface area contributed by atoms with Crippen molar-refractivity contribution in [3.63, 3.8) is 0 Å². The summed E-state index contributed by atoms with van der Waals surface area (Å²) in [5.74, 6) is 0.755. The van der Waals surface area contributed by atoms with Crippen LogP contribution in [0.2, 0.25) is 0 Å². The van der Waals surface area contributed by atoms with E-state index in [1.54, 1.807) is 6.20 Å². The molecule has 0 bridgehead atoms. The van der Waals surface area contributed by atoms with Crippen molar-refractivity contribution < 1.29 is 4.39 Å². The molecule has 0 radical (unpaired) electrons. The fraction of sp³-hybridized carbons (Fsp3) is 0.615. The van der Waals surface area contributed by atoms with Crippen LogP contribution in [0.25, 0.3) is 0 Å². The molecule has 2 nitrogen and oxygen atoms in total. The Kier molecular flexibility index (Phi) is 5.89. The second-order valence-corrected chi connectivity index (χ2v) is 5.77. The van der Waals surface area contributed by atoms with Crippen molar-refractivity contribution in [1.29, 1.82) is 0 Å². The number of hydrogen-bond acceptors (Lipinski definition) is 2. The lowest BCUT2D eigenvalue weighted by atomic mass is 10.0. The summed E-state index contributed by atoms with van der Waals surface area (Å²) < 4.78 is 14.2. The van der Waals surface area contributed by atoms with Gasteiger partial charge in [0, 0.05) is 16.7 Å². The Hall–Kier alpha value is -0.640. The monoisotopic (exact) mass is 302 g/mol. The first-order chi connectivity index (χ1) is 7.99. The summed E-state index contributed by atoms with van der Waals surface area (Å²) in [6.07, 6.45) is 5.01. The summed E-state index contributed by atoms with van der Waals surface area (Å²) in [6.45, 7) is 6.49. The van der Waals surface area contributed by atoms with E-state index >= 15 is 0 Å². The molecule has 1 heterocycles. The molecular formula is C13H20BrFN2. The molecule has 0 spiro atoms. The smallest absolute Gasteiger partial charge is 0.166 e. The second kappa shape index (κ2) is 6.94. The van der Waals surface area contributed by atoms with Crippen LogP contribution in [0, 0.1) is 11.7 Å². The van der Waals surface area contributed by atoms with Crippen molar-refractivity contribution >= 4 is 21.7 Å². The van der Waals surface area contributed by atoms with Crippen LogP contribution in [0.15, 0.2) is 16.7 Å². The van der Waals surface area contributed by atoms with Crippen LogP contribution in [0.4, 0.5) is 10.2 Å². The number of nitrogens with zero attached hydrogens (tertiary/aromatic N) is 1. The molecule has 0 amide bonds. The Morgan fingerprint density at radius 1 is 1.35 bits per heavy atom. The first-order valence-electron chi connectivity index (χ1n) is 6.06. The summed E-state index contributed by atoms with van der Waals surface area (Å²) in [6, 6.07) is 1.67. The molecule has 4 heteroatoms. The molecule has 0 aliphatic carbocycles. The minimum Gasteiger partial charge on any atom is -0.365 e. The van der Waals surface area contributed by atoms with E-state index in [1.807, 2.05) is 0 Å². The van der Waals surface area contributed by atoms with Crippen molar-refractivity contribution in [1.82, 2.24) is 4.98 Å². The molecule has 0 aliphatic rings. The molecule has 17 heavy (non-hydrogen) atoms. The van der Waals surface area contributed by atoms with Crippen molar-refractivity contribution in [3.8, 4) is 0 Å². The number of halogens is 2. The van der Waals surface area contributed by atoms with Gasteiger partial charge in [0.25, 0.3) is 0 Å². The van der Waals surface area contributed by atoms with E-state index < -0.39 is 0 Å². The van der Waals surface area contributed by atoms with E-state index in [9.17, 15) is 4.39 Å². The topological polar surface area (TPSA) is 24.9 Å². The van der Waals surface area contributed by atoms with Gasteiger partial charge in [-0.15, -0.1) is 0 Å². The van der Waals surface area contributed by atoms with Crippen molar-refractivity contribution in [2.24, 2.45) is 5.92 Å². The van der Waals surface area contributed by atoms with Gasteiger partial charge >= 0.3 is 0 Å². The van der Waals surface area contributed by atoms with Gasteiger partial charge in [0.15, 0.2) is 11.6 Å². The van der Waals surface area contributed by atoms with Crippen LogP contribution in [0.1, 0.15) is 40.0 Å². The Bertz CT molecular complexity index is 355. The fourth-order valence-electron chi connectivity index (χ4n) is 1.66. The summed E-state index contributed by atoms with van der Waals surface area (Å²) in [7, 11) is 0. The number of nitrogens with one attached hydrogen (secondary N) is 1. The molecule has 1 aromatic rings. The lowest BCUT2D eigenvalue weighted by molar-refractivity contribution is 0.518. The molecule has 0 saturated carbocycles. The highest BCUT2D eigenvalue weighted by molar-refractivity contribution is 9.10. The van der Waals surface area contributed by atoms with Gasteiger partial charge in [0.05, 0.1) is 0 Å². The predicted octanol–water partition coefficient (Wildman–Crippen LogP) is 4.61. The summed E-state index contributed by atoms with van der Waals surface area (Å²) in [5.41, 5.74) is 0. The van der Waals surface area contributed by atoms with Crippen LogP contribution in [0.3, 0.4) is 0 Å². The maximum atomic E-state index is 13.5. The van der Waals surface area contributed by atoms with Gasteiger partial charge in [-0.2, -0.15) is 0 Å². The molecule has 1 N–H and O–H groups in total. The Balaban J connectivity index is 2.42. The normalized spacial score (nSPS) is 12.8. The maximum Gasteiger partial charge on any atom is 0.166 e. The molecule has 1 aromatic heterocycles. The zero-order valence-electron chi connectivity index (χ0n) is 10.6. The Morgan fingerprint density at radius 3 is 2.65 bits per heavy atom. The van der Waals surface area contributed by atoms with E-state index in [2.05, 4.69) is 47.0 Å². The lowest BCUT2D eigenvalue weighted by Crippen LogP contribution is -2.17. The van der Waals surface area contributed by atoms with Crippen LogP contribution >= 0.6 is 15.9 Å². The lowest BCUT2D eigenvalue weighted by Gasteiger charge is -2.15. The SMILES string of the molecule is CC(C)CCCC(C)Nc1ncc(Br)cc1F. The number of anilines is 1. The third-order valence-electron chi connectivity index (χ3n) is 2.61. The Morgan fingerprint density at radius 2 is 2.06 bits per heavy atom. The highest BCUT2D eigenvalue weighted by Gasteiger charge is 2.08. The van der Waals surface area contributed by atoms with E-state index in [0.717, 1.165) is 18.8 Å². The van der Waals surface area contributed by atoms with Gasteiger partial charge in [-0.05, 0) is 41.3 Å². The predicted molar refractivity (Wildman–Crippen MR) is 73.7 cm³/mol. The zero-order chi connectivity index (χ0) is 12.8. The first-order valence-corrected chi connectivity index (χ1v) is 6.86. The second-order valence-electron chi connectivity index (χ2n) is 4.85. The van der Waals surface area contributed by atoms with Crippen LogP contribution in [-0.2, 0) is 0 Å². The minimum atomic E-state index is -0.310. The van der Waals surface area contributed by atoms with Gasteiger partial charge in [-0.25, -0.2) is 9.37 Å². The highest BCUT2D eigenvalue weighted by atomic mass is 79.9. The average molecular weight is 303 g/mol. The van der Waals surface area contributed by atoms with Gasteiger partial charge in [-0.3, -0.25) is 0 Å². The van der Waals surface area contributed by atoms with Gasteiger partial charge in [0.1, 0.15) is 0 Å². The summed E-state index contributed by atoms with van der Waals surface area (Å²) >= 11 is 3.19. The quantitative estimate of drug-likeness (QED) is 0.830. The number of pyridine rings is 1. The number of aromatic nitrogens is 1. The number of hydrogen-bond donors (Lipinski definition) is 1. The fourth-order valence-corrected chi connectivity index (χ4v) is 1.96. The molecule has 0 fully saturated rings. The molecule has 0 aromatic carbocycles. The van der Waals surface area contributed by atoms with Crippen molar-refractivity contribution in [2.45, 2.75) is 46.1 Å². The van der Waals surface area contributed by atoms with E-state index in [1.165, 1.54) is 12.5 Å². The average Bonchev–Trinajstić information content (AvgIpc) is 2.21. The Labute approximate surface area is 111 Å². The van der Waals surface area contributed by atoms with E-state index in [0.29, 0.717) is 10.3 Å². The molecule has 96 valence electrons. The zero-order valence-corrected chi connectivity index (χ0v) is 12.2. The molecule has 1 atom stereocenters. The van der Waals surface area contributed by atoms with Crippen LogP contribution in [-0.4, -0.2) is 11.0 Å². The van der Waals surface area contributed by atoms with Gasteiger partial charge in [-0.1, -0.05) is 26.7 Å². The third kappa shape index (κ3) is 5.48. The molecular weight excluding hydrogens is 283 g/mol. The molecule has 1 rings (SSSR count). The summed E-state index contributed by atoms with van der Waals surface area (Å²) in [5, 5.41) is 3.10. The van der Waals surface area contributed by atoms with Gasteiger partial charge in [0.2, 0.25) is 0 Å². The first kappa shape index (κ1) is 14.4. The van der Waals surface area contributed by atoms with Gasteiger partial charge < -0.3 is 5.32 Å². The van der Waals surface area contributed by atoms with E-state index in [-0.39, 0.29) is 11.9 Å². The third-order valence-corrected chi connectivity index (χ3v) is 3.04. The molecule has 0 saturated heterocycles. The largest absolute Gasteiger partial charge is 0.365 e. The van der Waals surface area contributed by atoms with Crippen molar-refractivity contribution in [3.05, 3.63) is 22.6 Å². The molecule has 1 unspecified atom stereocenters.